The molecule has 1 atom stereocenters. The van der Waals surface area contributed by atoms with Crippen molar-refractivity contribution in [2.45, 2.75) is 25.7 Å². The van der Waals surface area contributed by atoms with E-state index < -0.39 is 0 Å². The highest BCUT2D eigenvalue weighted by atomic mass is 16.2. The number of aliphatic imine (C=N–C) groups is 1. The fourth-order valence-electron chi connectivity index (χ4n) is 4.80. The quantitative estimate of drug-likeness (QED) is 0.366. The van der Waals surface area contributed by atoms with Crippen molar-refractivity contribution in [1.29, 1.82) is 0 Å². The Morgan fingerprint density at radius 2 is 1.80 bits per heavy atom. The van der Waals surface area contributed by atoms with Gasteiger partial charge in [0.15, 0.2) is 0 Å². The summed E-state index contributed by atoms with van der Waals surface area (Å²) in [5.41, 5.74) is 6.79. The minimum absolute atomic E-state index is 0.0956. The summed E-state index contributed by atoms with van der Waals surface area (Å²) in [6.45, 7) is 3.24. The molecule has 2 N–H and O–H groups in total. The lowest BCUT2D eigenvalue weighted by Crippen LogP contribution is -2.34. The van der Waals surface area contributed by atoms with Crippen molar-refractivity contribution in [1.82, 2.24) is 15.2 Å². The molecule has 1 saturated carbocycles. The maximum Gasteiger partial charge on any atom is 0.248 e. The molecule has 2 amide bonds. The van der Waals surface area contributed by atoms with Crippen LogP contribution < -0.4 is 10.6 Å². The third kappa shape index (κ3) is 6.61. The zero-order valence-corrected chi connectivity index (χ0v) is 23.2. The zero-order chi connectivity index (χ0) is 28.1. The van der Waals surface area contributed by atoms with Crippen molar-refractivity contribution in [2.75, 3.05) is 32.5 Å². The summed E-state index contributed by atoms with van der Waals surface area (Å²) in [5.74, 6) is 0.548. The molecule has 7 nitrogen and oxygen atoms in total. The minimum atomic E-state index is -0.370. The van der Waals surface area contributed by atoms with E-state index in [2.05, 4.69) is 15.6 Å². The Bertz CT molecular complexity index is 1470. The summed E-state index contributed by atoms with van der Waals surface area (Å²) in [7, 11) is 3.91. The molecule has 0 saturated heterocycles. The molecule has 7 heteroatoms. The Morgan fingerprint density at radius 1 is 1.00 bits per heavy atom. The predicted molar refractivity (Wildman–Crippen MR) is 161 cm³/mol. The van der Waals surface area contributed by atoms with Gasteiger partial charge in [0.1, 0.15) is 5.84 Å². The van der Waals surface area contributed by atoms with Gasteiger partial charge in [-0.3, -0.25) is 19.6 Å². The second-order valence-electron chi connectivity index (χ2n) is 10.6. The van der Waals surface area contributed by atoms with Crippen molar-refractivity contribution >= 4 is 28.9 Å². The maximum atomic E-state index is 13.4. The monoisotopic (exact) mass is 533 g/mol. The fraction of sp³-hybridized carbons (Fsp3) is 0.273. The van der Waals surface area contributed by atoms with Gasteiger partial charge < -0.3 is 15.5 Å². The van der Waals surface area contributed by atoms with Gasteiger partial charge in [-0.25, -0.2) is 0 Å². The van der Waals surface area contributed by atoms with E-state index in [1.165, 1.54) is 18.4 Å². The molecule has 2 aromatic carbocycles. The van der Waals surface area contributed by atoms with Crippen LogP contribution in [-0.2, 0) is 9.59 Å². The van der Waals surface area contributed by atoms with E-state index in [0.717, 1.165) is 33.6 Å². The number of aromatic nitrogens is 1. The molecule has 5 rings (SSSR count). The molecule has 0 bridgehead atoms. The topological polar surface area (TPSA) is 86.7 Å². The number of hydrogen-bond donors (Lipinski definition) is 2. The third-order valence-corrected chi connectivity index (χ3v) is 7.20. The summed E-state index contributed by atoms with van der Waals surface area (Å²) in [5, 5.41) is 5.99. The smallest absolute Gasteiger partial charge is 0.248 e. The Balaban J connectivity index is 1.26. The number of amides is 2. The van der Waals surface area contributed by atoms with Gasteiger partial charge in [0.05, 0.1) is 18.2 Å². The van der Waals surface area contributed by atoms with Gasteiger partial charge in [-0.15, -0.1) is 0 Å². The summed E-state index contributed by atoms with van der Waals surface area (Å²) >= 11 is 0. The number of nitrogens with one attached hydrogen (secondary N) is 2. The van der Waals surface area contributed by atoms with Crippen molar-refractivity contribution in [3.05, 3.63) is 102 Å². The van der Waals surface area contributed by atoms with Gasteiger partial charge in [0.2, 0.25) is 11.8 Å². The van der Waals surface area contributed by atoms with Crippen LogP contribution in [0.1, 0.15) is 36.9 Å². The number of nitrogens with zero attached hydrogens (tertiary/aromatic N) is 3. The SMILES string of the molecule is CC(C(=O)NC1=NCC(C2CC2)=C1c1ccccn1)c1cccc(-c2ccc(NC(=O)/C=C/CN(C)C)cc2)c1. The second-order valence-corrected chi connectivity index (χ2v) is 10.6. The molecule has 1 aliphatic carbocycles. The number of benzene rings is 2. The molecular formula is C33H35N5O2. The fourth-order valence-corrected chi connectivity index (χ4v) is 4.80. The number of likely N-dealkylation sites (N-methyl/N-ethyl adjacent to an activating group) is 1. The highest BCUT2D eigenvalue weighted by molar-refractivity contribution is 6.28. The first kappa shape index (κ1) is 27.2. The van der Waals surface area contributed by atoms with Gasteiger partial charge in [-0.05, 0) is 86.3 Å². The van der Waals surface area contributed by atoms with Gasteiger partial charge >= 0.3 is 0 Å². The van der Waals surface area contributed by atoms with Crippen LogP contribution in [0, 0.1) is 5.92 Å². The lowest BCUT2D eigenvalue weighted by Gasteiger charge is -2.16. The summed E-state index contributed by atoms with van der Waals surface area (Å²) in [6.07, 6.45) is 7.50. The van der Waals surface area contributed by atoms with E-state index in [1.54, 1.807) is 12.3 Å². The van der Waals surface area contributed by atoms with E-state index in [9.17, 15) is 9.59 Å². The van der Waals surface area contributed by atoms with E-state index in [1.807, 2.05) is 98.7 Å². The van der Waals surface area contributed by atoms with Crippen molar-refractivity contribution in [3.63, 3.8) is 0 Å². The number of rotatable bonds is 9. The second kappa shape index (κ2) is 12.2. The first-order valence-electron chi connectivity index (χ1n) is 13.7. The average molecular weight is 534 g/mol. The lowest BCUT2D eigenvalue weighted by atomic mass is 9.95. The molecule has 1 aromatic heterocycles. The number of carbonyl (C=O) groups excluding carboxylic acids is 2. The van der Waals surface area contributed by atoms with Crippen LogP contribution in [0.4, 0.5) is 5.69 Å². The summed E-state index contributed by atoms with van der Waals surface area (Å²) in [4.78, 5) is 36.8. The van der Waals surface area contributed by atoms with E-state index >= 15 is 0 Å². The van der Waals surface area contributed by atoms with Crippen molar-refractivity contribution < 1.29 is 9.59 Å². The van der Waals surface area contributed by atoms with Crippen LogP contribution in [0.15, 0.2) is 95.6 Å². The number of hydrogen-bond acceptors (Lipinski definition) is 5. The Kier molecular flexibility index (Phi) is 8.31. The van der Waals surface area contributed by atoms with Crippen LogP contribution in [0.5, 0.6) is 0 Å². The largest absolute Gasteiger partial charge is 0.323 e. The molecule has 0 radical (unpaired) electrons. The number of amidine groups is 1. The summed E-state index contributed by atoms with van der Waals surface area (Å²) < 4.78 is 0. The number of pyridine rings is 1. The minimum Gasteiger partial charge on any atom is -0.323 e. The molecule has 1 fully saturated rings. The lowest BCUT2D eigenvalue weighted by molar-refractivity contribution is -0.120. The highest BCUT2D eigenvalue weighted by Gasteiger charge is 2.34. The van der Waals surface area contributed by atoms with Crippen LogP contribution in [0.25, 0.3) is 16.7 Å². The molecule has 2 heterocycles. The zero-order valence-electron chi connectivity index (χ0n) is 23.2. The van der Waals surface area contributed by atoms with Crippen molar-refractivity contribution in [2.24, 2.45) is 10.9 Å². The number of anilines is 1. The van der Waals surface area contributed by atoms with Crippen molar-refractivity contribution in [3.8, 4) is 11.1 Å². The normalized spacial score (nSPS) is 15.8. The Morgan fingerprint density at radius 3 is 2.50 bits per heavy atom. The molecule has 40 heavy (non-hydrogen) atoms. The molecule has 0 spiro atoms. The summed E-state index contributed by atoms with van der Waals surface area (Å²) in [6, 6.07) is 21.6. The first-order valence-corrected chi connectivity index (χ1v) is 13.7. The highest BCUT2D eigenvalue weighted by Crippen LogP contribution is 2.42. The molecule has 2 aliphatic rings. The van der Waals surface area contributed by atoms with Crippen LogP contribution in [0.3, 0.4) is 0 Å². The predicted octanol–water partition coefficient (Wildman–Crippen LogP) is 5.30. The molecule has 204 valence electrons. The van der Waals surface area contributed by atoms with Crippen LogP contribution in [0.2, 0.25) is 0 Å². The van der Waals surface area contributed by atoms with E-state index in [4.69, 9.17) is 4.99 Å². The average Bonchev–Trinajstić information content (AvgIpc) is 3.73. The Hall–Kier alpha value is -4.36. The van der Waals surface area contributed by atoms with Gasteiger partial charge in [-0.2, -0.15) is 0 Å². The van der Waals surface area contributed by atoms with E-state index in [0.29, 0.717) is 24.8 Å². The first-order chi connectivity index (χ1) is 19.4. The third-order valence-electron chi connectivity index (χ3n) is 7.20. The molecule has 1 aliphatic heterocycles. The standard InChI is InChI=1S/C33H35N5O2/c1-22(33(40)37-32-31(29-10-4-5-18-34-29)28(21-35-32)24-12-13-24)25-8-6-9-26(20-25)23-14-16-27(17-15-23)36-30(39)11-7-19-38(2)3/h4-11,14-18,20,22,24H,12-13,19,21H2,1-3H3,(H,36,39)(H,35,37,40)/b11-7+. The van der Waals surface area contributed by atoms with Gasteiger partial charge in [0, 0.05) is 30.1 Å². The molecule has 3 aromatic rings. The molecule has 1 unspecified atom stereocenters. The van der Waals surface area contributed by atoms with E-state index in [-0.39, 0.29) is 17.7 Å². The molecular weight excluding hydrogens is 498 g/mol. The maximum absolute atomic E-state index is 13.4. The van der Waals surface area contributed by atoms with Gasteiger partial charge in [-0.1, -0.05) is 48.5 Å². The Labute approximate surface area is 235 Å². The number of carbonyl (C=O) groups is 2. The van der Waals surface area contributed by atoms with Crippen LogP contribution in [-0.4, -0.2) is 54.7 Å². The van der Waals surface area contributed by atoms with Gasteiger partial charge in [0.25, 0.3) is 0 Å². The van der Waals surface area contributed by atoms with Crippen LogP contribution >= 0.6 is 0 Å².